The first kappa shape index (κ1) is 27.5. The van der Waals surface area contributed by atoms with Gasteiger partial charge in [0, 0.05) is 11.3 Å². The number of ether oxygens (including phenoxy) is 1. The van der Waals surface area contributed by atoms with Gasteiger partial charge in [0.25, 0.3) is 10.0 Å². The number of anilines is 1. The molecule has 1 aromatic carbocycles. The average Bonchev–Trinajstić information content (AvgIpc) is 3.22. The Labute approximate surface area is 224 Å². The van der Waals surface area contributed by atoms with Gasteiger partial charge in [-0.3, -0.25) is 4.72 Å². The second kappa shape index (κ2) is 12.8. The molecular formula is C28H36N2O5S2. The van der Waals surface area contributed by atoms with Crippen LogP contribution in [0.3, 0.4) is 0 Å². The first-order chi connectivity index (χ1) is 17.9. The lowest BCUT2D eigenvalue weighted by molar-refractivity contribution is 0.0696. The van der Waals surface area contributed by atoms with Crippen LogP contribution in [0.25, 0.3) is 0 Å². The number of aromatic nitrogens is 1. The van der Waals surface area contributed by atoms with Crippen molar-refractivity contribution >= 4 is 33.0 Å². The molecule has 0 amide bonds. The first-order valence-electron chi connectivity index (χ1n) is 13.3. The smallest absolute Gasteiger partial charge is 0.335 e. The van der Waals surface area contributed by atoms with E-state index in [1.54, 1.807) is 0 Å². The second-order valence-corrected chi connectivity index (χ2v) is 12.6. The second-order valence-electron chi connectivity index (χ2n) is 10.2. The van der Waals surface area contributed by atoms with Crippen LogP contribution in [0.5, 0.6) is 5.75 Å². The maximum atomic E-state index is 12.9. The molecule has 2 N–H and O–H groups in total. The zero-order valence-corrected chi connectivity index (χ0v) is 23.0. The summed E-state index contributed by atoms with van der Waals surface area (Å²) in [6.45, 7) is 0. The monoisotopic (exact) mass is 544 g/mol. The minimum atomic E-state index is -3.98. The molecule has 2 unspecified atom stereocenters. The van der Waals surface area contributed by atoms with Crippen LogP contribution in [-0.2, 0) is 10.0 Å². The molecule has 9 heteroatoms. The van der Waals surface area contributed by atoms with Crippen LogP contribution < -0.4 is 9.46 Å². The molecular weight excluding hydrogens is 508 g/mol. The quantitative estimate of drug-likeness (QED) is 0.315. The van der Waals surface area contributed by atoms with Crippen molar-refractivity contribution in [2.24, 2.45) is 17.8 Å². The van der Waals surface area contributed by atoms with Crippen molar-refractivity contribution in [2.75, 3.05) is 11.8 Å². The predicted molar refractivity (Wildman–Crippen MR) is 146 cm³/mol. The van der Waals surface area contributed by atoms with Crippen LogP contribution in [0.15, 0.2) is 28.6 Å². The molecule has 2 fully saturated rings. The molecule has 2 aliphatic carbocycles. The number of rotatable bonds is 6. The fourth-order valence-corrected chi connectivity index (χ4v) is 7.63. The van der Waals surface area contributed by atoms with Crippen LogP contribution in [0.4, 0.5) is 5.69 Å². The highest BCUT2D eigenvalue weighted by Gasteiger charge is 2.26. The molecule has 2 aromatic rings. The number of thiazole rings is 1. The van der Waals surface area contributed by atoms with Crippen molar-refractivity contribution in [3.63, 3.8) is 0 Å². The predicted octanol–water partition coefficient (Wildman–Crippen LogP) is 6.56. The number of nitrogens with zero attached hydrogens (tertiary/aromatic N) is 1. The van der Waals surface area contributed by atoms with Crippen molar-refractivity contribution in [1.29, 1.82) is 0 Å². The molecule has 0 radical (unpaired) electrons. The SMILES string of the molecule is COc1cc(C(=O)O)ccc1NS(=O)(=O)c1csc(C#CC2CCCC(C3CCCCCCC3)CC2)n1. The maximum absolute atomic E-state index is 12.9. The van der Waals surface area contributed by atoms with Gasteiger partial charge in [-0.05, 0) is 55.2 Å². The highest BCUT2D eigenvalue weighted by atomic mass is 32.2. The van der Waals surface area contributed by atoms with Gasteiger partial charge < -0.3 is 9.84 Å². The van der Waals surface area contributed by atoms with E-state index >= 15 is 0 Å². The summed E-state index contributed by atoms with van der Waals surface area (Å²) in [6, 6.07) is 3.95. The zero-order valence-electron chi connectivity index (χ0n) is 21.4. The molecule has 2 aliphatic rings. The largest absolute Gasteiger partial charge is 0.495 e. The molecule has 4 rings (SSSR count). The lowest BCUT2D eigenvalue weighted by Crippen LogP contribution is -2.16. The van der Waals surface area contributed by atoms with Crippen molar-refractivity contribution in [2.45, 2.75) is 82.1 Å². The third-order valence-electron chi connectivity index (χ3n) is 7.66. The Balaban J connectivity index is 1.38. The van der Waals surface area contributed by atoms with Gasteiger partial charge in [0.1, 0.15) is 5.75 Å². The third-order valence-corrected chi connectivity index (χ3v) is 9.82. The minimum Gasteiger partial charge on any atom is -0.495 e. The fourth-order valence-electron chi connectivity index (χ4n) is 5.61. The molecule has 1 heterocycles. The summed E-state index contributed by atoms with van der Waals surface area (Å²) in [5.41, 5.74) is 0.144. The summed E-state index contributed by atoms with van der Waals surface area (Å²) in [4.78, 5) is 15.4. The van der Waals surface area contributed by atoms with E-state index in [-0.39, 0.29) is 22.0 Å². The van der Waals surface area contributed by atoms with Crippen LogP contribution in [0, 0.1) is 29.6 Å². The highest BCUT2D eigenvalue weighted by Crippen LogP contribution is 2.37. The highest BCUT2D eigenvalue weighted by molar-refractivity contribution is 7.92. The standard InChI is InChI=1S/C28H36N2O5S2/c1-35-25-18-23(28(31)32)15-16-24(25)30-37(33,34)27-19-36-26(29-27)17-13-20-8-7-11-22(14-12-20)21-9-5-3-2-4-6-10-21/h15-16,18-22,30H,2-12,14H2,1H3,(H,31,32). The van der Waals surface area contributed by atoms with Gasteiger partial charge in [0.05, 0.1) is 18.4 Å². The summed E-state index contributed by atoms with van der Waals surface area (Å²) in [5, 5.41) is 11.0. The average molecular weight is 545 g/mol. The normalized spacial score (nSPS) is 21.5. The lowest BCUT2D eigenvalue weighted by Gasteiger charge is -2.28. The summed E-state index contributed by atoms with van der Waals surface area (Å²) < 4.78 is 33.4. The molecule has 1 aromatic heterocycles. The van der Waals surface area contributed by atoms with Crippen LogP contribution in [0.2, 0.25) is 0 Å². The van der Waals surface area contributed by atoms with Crippen LogP contribution >= 0.6 is 11.3 Å². The van der Waals surface area contributed by atoms with Gasteiger partial charge in [-0.25, -0.2) is 9.78 Å². The molecule has 37 heavy (non-hydrogen) atoms. The molecule has 0 spiro atoms. The molecule has 0 saturated heterocycles. The molecule has 2 saturated carbocycles. The topological polar surface area (TPSA) is 106 Å². The Morgan fingerprint density at radius 2 is 1.73 bits per heavy atom. The maximum Gasteiger partial charge on any atom is 0.335 e. The number of aromatic carboxylic acids is 1. The van der Waals surface area contributed by atoms with E-state index in [2.05, 4.69) is 21.5 Å². The van der Waals surface area contributed by atoms with Gasteiger partial charge >= 0.3 is 5.97 Å². The van der Waals surface area contributed by atoms with E-state index in [9.17, 15) is 13.2 Å². The molecule has 0 aliphatic heterocycles. The van der Waals surface area contributed by atoms with Gasteiger partial charge in [-0.1, -0.05) is 63.7 Å². The van der Waals surface area contributed by atoms with Crippen LogP contribution in [0.1, 0.15) is 92.4 Å². The number of carboxylic acids is 1. The summed E-state index contributed by atoms with van der Waals surface area (Å²) in [6.07, 6.45) is 15.7. The number of carboxylic acid groups (broad SMARTS) is 1. The number of sulfonamides is 1. The minimum absolute atomic E-state index is 0.000500. The van der Waals surface area contributed by atoms with Gasteiger partial charge in [0.2, 0.25) is 0 Å². The number of carbonyl (C=O) groups is 1. The number of hydrogen-bond donors (Lipinski definition) is 2. The van der Waals surface area contributed by atoms with E-state index < -0.39 is 16.0 Å². The number of nitrogens with one attached hydrogen (secondary N) is 1. The van der Waals surface area contributed by atoms with Crippen molar-refractivity contribution in [3.05, 3.63) is 34.2 Å². The van der Waals surface area contributed by atoms with E-state index in [0.717, 1.165) is 24.7 Å². The number of hydrogen-bond acceptors (Lipinski definition) is 6. The summed E-state index contributed by atoms with van der Waals surface area (Å²) in [5.74, 6) is 7.54. The molecule has 2 atom stereocenters. The summed E-state index contributed by atoms with van der Waals surface area (Å²) in [7, 11) is -2.63. The zero-order chi connectivity index (χ0) is 26.3. The Bertz CT molecular complexity index is 1240. The lowest BCUT2D eigenvalue weighted by atomic mass is 9.78. The third kappa shape index (κ3) is 7.48. The van der Waals surface area contributed by atoms with E-state index in [4.69, 9.17) is 9.84 Å². The van der Waals surface area contributed by atoms with E-state index in [1.807, 2.05) is 0 Å². The van der Waals surface area contributed by atoms with E-state index in [1.165, 1.54) is 106 Å². The molecule has 0 bridgehead atoms. The van der Waals surface area contributed by atoms with Crippen molar-refractivity contribution in [3.8, 4) is 17.6 Å². The van der Waals surface area contributed by atoms with Gasteiger partial charge in [0.15, 0.2) is 10.0 Å². The number of methoxy groups -OCH3 is 1. The van der Waals surface area contributed by atoms with Crippen molar-refractivity contribution < 1.29 is 23.1 Å². The molecule has 7 nitrogen and oxygen atoms in total. The van der Waals surface area contributed by atoms with E-state index in [0.29, 0.717) is 10.9 Å². The first-order valence-corrected chi connectivity index (χ1v) is 15.6. The van der Waals surface area contributed by atoms with Gasteiger partial charge in [-0.2, -0.15) is 8.42 Å². The fraction of sp³-hybridized carbons (Fsp3) is 0.571. The Kier molecular flexibility index (Phi) is 9.49. The number of benzene rings is 1. The Morgan fingerprint density at radius 1 is 1.03 bits per heavy atom. The Morgan fingerprint density at radius 3 is 2.46 bits per heavy atom. The van der Waals surface area contributed by atoms with Crippen molar-refractivity contribution in [1.82, 2.24) is 4.98 Å². The summed E-state index contributed by atoms with van der Waals surface area (Å²) >= 11 is 1.21. The van der Waals surface area contributed by atoms with Crippen LogP contribution in [-0.4, -0.2) is 31.6 Å². The van der Waals surface area contributed by atoms with Gasteiger partial charge in [-0.15, -0.1) is 11.3 Å². The Hall–Kier alpha value is -2.57. The molecule has 200 valence electrons.